The van der Waals surface area contributed by atoms with E-state index in [-0.39, 0.29) is 5.56 Å². The minimum Gasteiger partial charge on any atom is -0.274 e. The molecule has 4 amide bonds. The summed E-state index contributed by atoms with van der Waals surface area (Å²) in [5.74, 6) is -1.21. The molecule has 1 aromatic heterocycles. The lowest BCUT2D eigenvalue weighted by Gasteiger charge is -2.05. The average Bonchev–Trinajstić information content (AvgIpc) is 2.49. The van der Waals surface area contributed by atoms with Crippen molar-refractivity contribution in [2.75, 3.05) is 0 Å². The van der Waals surface area contributed by atoms with Gasteiger partial charge in [0.05, 0.1) is 5.56 Å². The van der Waals surface area contributed by atoms with Crippen molar-refractivity contribution in [1.29, 1.82) is 0 Å². The Bertz CT molecular complexity index is 571. The topological polar surface area (TPSA) is 88.2 Å². The number of nitrogens with one attached hydrogen (secondary N) is 2. The molecule has 2 rings (SSSR count). The van der Waals surface area contributed by atoms with Gasteiger partial charge in [0.1, 0.15) is 0 Å². The molecule has 0 fully saturated rings. The number of hydrogen-bond donors (Lipinski definition) is 2. The number of carbonyl (C=O) groups excluding carboxylic acids is 3. The third-order valence-corrected chi connectivity index (χ3v) is 2.41. The molecule has 2 N–H and O–H groups in total. The molecule has 0 aliphatic rings. The van der Waals surface area contributed by atoms with Crippen molar-refractivity contribution in [3.8, 4) is 0 Å². The largest absolute Gasteiger partial charge is 0.328 e. The molecule has 0 saturated carbocycles. The average molecular weight is 269 g/mol. The Balaban J connectivity index is 1.93. The van der Waals surface area contributed by atoms with Gasteiger partial charge in [-0.2, -0.15) is 0 Å². The van der Waals surface area contributed by atoms with Gasteiger partial charge in [-0.15, -0.1) is 0 Å². The van der Waals surface area contributed by atoms with Gasteiger partial charge in [-0.05, 0) is 24.3 Å². The second-order valence-electron chi connectivity index (χ2n) is 3.85. The molecule has 0 saturated heterocycles. The Morgan fingerprint density at radius 1 is 0.800 bits per heavy atom. The second-order valence-corrected chi connectivity index (χ2v) is 3.85. The molecule has 6 nitrogen and oxygen atoms in total. The third-order valence-electron chi connectivity index (χ3n) is 2.41. The summed E-state index contributed by atoms with van der Waals surface area (Å²) in [5, 5.41) is 4.11. The fraction of sp³-hybridized carbons (Fsp3) is 0. The van der Waals surface area contributed by atoms with E-state index in [9.17, 15) is 14.4 Å². The van der Waals surface area contributed by atoms with E-state index in [4.69, 9.17) is 0 Å². The van der Waals surface area contributed by atoms with E-state index < -0.39 is 17.8 Å². The first kappa shape index (κ1) is 13.4. The number of pyridine rings is 1. The zero-order valence-electron chi connectivity index (χ0n) is 10.4. The zero-order chi connectivity index (χ0) is 14.4. The van der Waals surface area contributed by atoms with Crippen molar-refractivity contribution in [2.45, 2.75) is 0 Å². The number of amides is 4. The van der Waals surface area contributed by atoms with Crippen LogP contribution < -0.4 is 10.6 Å². The van der Waals surface area contributed by atoms with E-state index in [0.29, 0.717) is 5.56 Å². The van der Waals surface area contributed by atoms with E-state index >= 15 is 0 Å². The lowest BCUT2D eigenvalue weighted by atomic mass is 10.2. The summed E-state index contributed by atoms with van der Waals surface area (Å²) in [5.41, 5.74) is 0.561. The summed E-state index contributed by atoms with van der Waals surface area (Å²) < 4.78 is 0. The zero-order valence-corrected chi connectivity index (χ0v) is 10.4. The van der Waals surface area contributed by atoms with Crippen LogP contribution in [0.1, 0.15) is 20.7 Å². The highest BCUT2D eigenvalue weighted by molar-refractivity contribution is 6.10. The quantitative estimate of drug-likeness (QED) is 0.861. The Morgan fingerprint density at radius 2 is 1.40 bits per heavy atom. The molecule has 20 heavy (non-hydrogen) atoms. The maximum Gasteiger partial charge on any atom is 0.328 e. The van der Waals surface area contributed by atoms with Crippen LogP contribution in [0.2, 0.25) is 0 Å². The van der Waals surface area contributed by atoms with Crippen LogP contribution in [0.25, 0.3) is 0 Å². The molecule has 0 aliphatic heterocycles. The van der Waals surface area contributed by atoms with Crippen LogP contribution in [0.5, 0.6) is 0 Å². The van der Waals surface area contributed by atoms with E-state index in [1.165, 1.54) is 18.5 Å². The summed E-state index contributed by atoms with van der Waals surface area (Å²) in [6.07, 6.45) is 2.83. The van der Waals surface area contributed by atoms with Gasteiger partial charge in [0.25, 0.3) is 11.8 Å². The Hall–Kier alpha value is -3.02. The molecule has 0 atom stereocenters. The number of rotatable bonds is 2. The number of benzene rings is 1. The fourth-order valence-electron chi connectivity index (χ4n) is 1.47. The van der Waals surface area contributed by atoms with Gasteiger partial charge in [0.2, 0.25) is 0 Å². The van der Waals surface area contributed by atoms with E-state index in [0.717, 1.165) is 0 Å². The van der Waals surface area contributed by atoms with Gasteiger partial charge in [0, 0.05) is 18.0 Å². The number of imide groups is 2. The van der Waals surface area contributed by atoms with Gasteiger partial charge < -0.3 is 0 Å². The number of carbonyl (C=O) groups is 3. The number of nitrogens with zero attached hydrogens (tertiary/aromatic N) is 1. The van der Waals surface area contributed by atoms with Gasteiger partial charge in [-0.3, -0.25) is 25.2 Å². The second kappa shape index (κ2) is 6.24. The van der Waals surface area contributed by atoms with Crippen molar-refractivity contribution < 1.29 is 14.4 Å². The smallest absolute Gasteiger partial charge is 0.274 e. The lowest BCUT2D eigenvalue weighted by molar-refractivity contribution is 0.0944. The van der Waals surface area contributed by atoms with Crippen molar-refractivity contribution in [3.63, 3.8) is 0 Å². The Labute approximate surface area is 114 Å². The first-order valence-corrected chi connectivity index (χ1v) is 5.78. The summed E-state index contributed by atoms with van der Waals surface area (Å²) in [6.45, 7) is 0. The lowest BCUT2D eigenvalue weighted by Crippen LogP contribution is -2.42. The van der Waals surface area contributed by atoms with Gasteiger partial charge in [-0.25, -0.2) is 4.79 Å². The highest BCUT2D eigenvalue weighted by atomic mass is 16.2. The summed E-state index contributed by atoms with van der Waals surface area (Å²) in [6, 6.07) is 10.4. The predicted molar refractivity (Wildman–Crippen MR) is 71.0 cm³/mol. The minimum atomic E-state index is -0.882. The van der Waals surface area contributed by atoms with E-state index in [2.05, 4.69) is 10.3 Å². The maximum atomic E-state index is 11.7. The van der Waals surface area contributed by atoms with Crippen LogP contribution >= 0.6 is 0 Å². The highest BCUT2D eigenvalue weighted by Crippen LogP contribution is 1.98. The third kappa shape index (κ3) is 3.49. The van der Waals surface area contributed by atoms with Crippen LogP contribution in [-0.4, -0.2) is 22.8 Å². The van der Waals surface area contributed by atoms with Crippen molar-refractivity contribution in [2.24, 2.45) is 0 Å². The fourth-order valence-corrected chi connectivity index (χ4v) is 1.47. The molecular formula is C14H11N3O3. The monoisotopic (exact) mass is 269 g/mol. The van der Waals surface area contributed by atoms with Crippen molar-refractivity contribution in [3.05, 3.63) is 66.0 Å². The minimum absolute atomic E-state index is 0.231. The summed E-state index contributed by atoms with van der Waals surface area (Å²) in [4.78, 5) is 38.6. The normalized spacial score (nSPS) is 9.60. The first-order valence-electron chi connectivity index (χ1n) is 5.78. The molecule has 1 aromatic carbocycles. The summed E-state index contributed by atoms with van der Waals surface area (Å²) >= 11 is 0. The van der Waals surface area contributed by atoms with E-state index in [1.54, 1.807) is 36.4 Å². The first-order chi connectivity index (χ1) is 9.66. The molecule has 0 spiro atoms. The molecule has 6 heteroatoms. The molecule has 0 unspecified atom stereocenters. The van der Waals surface area contributed by atoms with Gasteiger partial charge in [-0.1, -0.05) is 18.2 Å². The number of aromatic nitrogens is 1. The predicted octanol–water partition coefficient (Wildman–Crippen LogP) is 1.36. The van der Waals surface area contributed by atoms with Crippen LogP contribution in [0.3, 0.4) is 0 Å². The maximum absolute atomic E-state index is 11.7. The molecule has 0 bridgehead atoms. The SMILES string of the molecule is O=C(NC(=O)c1ccccc1)NC(=O)c1cccnc1. The number of urea groups is 1. The Morgan fingerprint density at radius 3 is 2.00 bits per heavy atom. The molecule has 2 aromatic rings. The molecule has 1 heterocycles. The molecule has 0 radical (unpaired) electrons. The van der Waals surface area contributed by atoms with Crippen LogP contribution in [0.4, 0.5) is 4.79 Å². The molecule has 0 aliphatic carbocycles. The van der Waals surface area contributed by atoms with Gasteiger partial charge in [0.15, 0.2) is 0 Å². The van der Waals surface area contributed by atoms with Crippen LogP contribution in [0.15, 0.2) is 54.9 Å². The highest BCUT2D eigenvalue weighted by Gasteiger charge is 2.13. The van der Waals surface area contributed by atoms with E-state index in [1.807, 2.05) is 5.32 Å². The molecule has 100 valence electrons. The van der Waals surface area contributed by atoms with Crippen molar-refractivity contribution in [1.82, 2.24) is 15.6 Å². The standard InChI is InChI=1S/C14H11N3O3/c18-12(10-5-2-1-3-6-10)16-14(20)17-13(19)11-7-4-8-15-9-11/h1-9H,(H2,16,17,18,19,20). The number of hydrogen-bond acceptors (Lipinski definition) is 4. The summed E-state index contributed by atoms with van der Waals surface area (Å²) in [7, 11) is 0. The van der Waals surface area contributed by atoms with Crippen LogP contribution in [0, 0.1) is 0 Å². The Kier molecular flexibility index (Phi) is 4.18. The van der Waals surface area contributed by atoms with Crippen molar-refractivity contribution >= 4 is 17.8 Å². The molecular weight excluding hydrogens is 258 g/mol. The van der Waals surface area contributed by atoms with Gasteiger partial charge >= 0.3 is 6.03 Å². The van der Waals surface area contributed by atoms with Crippen LogP contribution in [-0.2, 0) is 0 Å².